The van der Waals surface area contributed by atoms with Crippen molar-refractivity contribution in [3.63, 3.8) is 0 Å². The fraction of sp³-hybridized carbons (Fsp3) is 0.0667. The summed E-state index contributed by atoms with van der Waals surface area (Å²) in [5.41, 5.74) is -2.53. The Morgan fingerprint density at radius 2 is 1.56 bits per heavy atom. The van der Waals surface area contributed by atoms with E-state index in [1.165, 1.54) is 24.3 Å². The standard InChI is InChI=1S/C15H9F3O6S/c16-15(17,18)10-6-7-12(25(21,22)23)11(8-10)14(20)24-13(19)9-4-2-1-3-5-9/h1-8H,(H,21,22,23). The van der Waals surface area contributed by atoms with Gasteiger partial charge in [-0.2, -0.15) is 21.6 Å². The number of benzene rings is 2. The van der Waals surface area contributed by atoms with Gasteiger partial charge in [0.1, 0.15) is 4.90 Å². The number of rotatable bonds is 3. The summed E-state index contributed by atoms with van der Waals surface area (Å²) in [6, 6.07) is 8.01. The predicted molar refractivity (Wildman–Crippen MR) is 77.4 cm³/mol. The van der Waals surface area contributed by atoms with Crippen molar-refractivity contribution in [2.45, 2.75) is 11.1 Å². The van der Waals surface area contributed by atoms with E-state index in [2.05, 4.69) is 4.74 Å². The highest BCUT2D eigenvalue weighted by atomic mass is 32.2. The molecule has 0 spiro atoms. The molecule has 0 atom stereocenters. The van der Waals surface area contributed by atoms with E-state index in [1.54, 1.807) is 6.07 Å². The van der Waals surface area contributed by atoms with Crippen molar-refractivity contribution in [1.29, 1.82) is 0 Å². The van der Waals surface area contributed by atoms with Gasteiger partial charge in [-0.1, -0.05) is 18.2 Å². The molecule has 2 aromatic rings. The molecule has 0 aliphatic rings. The smallest absolute Gasteiger partial charge is 0.386 e. The number of halogens is 3. The zero-order valence-corrected chi connectivity index (χ0v) is 13.0. The van der Waals surface area contributed by atoms with Crippen LogP contribution in [0.25, 0.3) is 0 Å². The quantitative estimate of drug-likeness (QED) is 0.504. The SMILES string of the molecule is O=C(OC(=O)c1cc(C(F)(F)F)ccc1S(=O)(=O)O)c1ccccc1. The molecule has 0 fully saturated rings. The molecule has 6 nitrogen and oxygen atoms in total. The molecule has 25 heavy (non-hydrogen) atoms. The third-order valence-corrected chi connectivity index (χ3v) is 3.91. The lowest BCUT2D eigenvalue weighted by molar-refractivity contribution is -0.137. The van der Waals surface area contributed by atoms with Gasteiger partial charge in [-0.05, 0) is 30.3 Å². The summed E-state index contributed by atoms with van der Waals surface area (Å²) in [7, 11) is -5.02. The Morgan fingerprint density at radius 1 is 0.960 bits per heavy atom. The summed E-state index contributed by atoms with van der Waals surface area (Å²) >= 11 is 0. The first-order chi connectivity index (χ1) is 11.5. The summed E-state index contributed by atoms with van der Waals surface area (Å²) in [4.78, 5) is 22.7. The normalized spacial score (nSPS) is 11.8. The van der Waals surface area contributed by atoms with Gasteiger partial charge in [-0.3, -0.25) is 4.55 Å². The van der Waals surface area contributed by atoms with Crippen molar-refractivity contribution in [3.8, 4) is 0 Å². The molecule has 10 heteroatoms. The highest BCUT2D eigenvalue weighted by Gasteiger charge is 2.34. The molecule has 0 heterocycles. The fourth-order valence-electron chi connectivity index (χ4n) is 1.86. The van der Waals surface area contributed by atoms with Crippen LogP contribution in [0.3, 0.4) is 0 Å². The van der Waals surface area contributed by atoms with Gasteiger partial charge in [0.05, 0.1) is 16.7 Å². The van der Waals surface area contributed by atoms with Crippen molar-refractivity contribution >= 4 is 22.1 Å². The highest BCUT2D eigenvalue weighted by molar-refractivity contribution is 7.86. The molecule has 0 amide bonds. The topological polar surface area (TPSA) is 97.7 Å². The number of ether oxygens (including phenoxy) is 1. The Kier molecular flexibility index (Phi) is 4.95. The van der Waals surface area contributed by atoms with Crippen LogP contribution in [-0.2, 0) is 21.0 Å². The van der Waals surface area contributed by atoms with Crippen molar-refractivity contribution in [2.24, 2.45) is 0 Å². The second-order valence-electron chi connectivity index (χ2n) is 4.73. The van der Waals surface area contributed by atoms with Gasteiger partial charge in [0.25, 0.3) is 10.1 Å². The maximum absolute atomic E-state index is 12.8. The van der Waals surface area contributed by atoms with Crippen LogP contribution in [-0.4, -0.2) is 24.9 Å². The van der Waals surface area contributed by atoms with Crippen LogP contribution in [0, 0.1) is 0 Å². The maximum atomic E-state index is 12.8. The lowest BCUT2D eigenvalue weighted by Gasteiger charge is -2.11. The molecule has 0 saturated heterocycles. The Bertz CT molecular complexity index is 920. The Hall–Kier alpha value is -2.72. The number of hydrogen-bond donors (Lipinski definition) is 1. The van der Waals surface area contributed by atoms with Crippen LogP contribution in [0.5, 0.6) is 0 Å². The third-order valence-electron chi connectivity index (χ3n) is 3.00. The summed E-state index contributed by atoms with van der Waals surface area (Å²) in [5.74, 6) is -2.84. The van der Waals surface area contributed by atoms with Crippen LogP contribution >= 0.6 is 0 Å². The van der Waals surface area contributed by atoms with Crippen molar-refractivity contribution in [2.75, 3.05) is 0 Å². The number of esters is 2. The maximum Gasteiger partial charge on any atom is 0.416 e. The van der Waals surface area contributed by atoms with E-state index < -0.39 is 44.3 Å². The van der Waals surface area contributed by atoms with Crippen LogP contribution in [0.4, 0.5) is 13.2 Å². The zero-order valence-electron chi connectivity index (χ0n) is 12.1. The first kappa shape index (κ1) is 18.6. The summed E-state index contributed by atoms with van der Waals surface area (Å²) < 4.78 is 74.2. The molecule has 1 N–H and O–H groups in total. The van der Waals surface area contributed by atoms with Crippen molar-refractivity contribution < 1.29 is 40.5 Å². The van der Waals surface area contributed by atoms with Crippen LogP contribution in [0.1, 0.15) is 26.3 Å². The zero-order chi connectivity index (χ0) is 18.8. The Balaban J connectivity index is 2.45. The van der Waals surface area contributed by atoms with Gasteiger partial charge in [0, 0.05) is 0 Å². The van der Waals surface area contributed by atoms with Gasteiger partial charge in [-0.25, -0.2) is 9.59 Å². The minimum atomic E-state index is -5.02. The van der Waals surface area contributed by atoms with Gasteiger partial charge in [0.15, 0.2) is 0 Å². The monoisotopic (exact) mass is 374 g/mol. The van der Waals surface area contributed by atoms with Gasteiger partial charge in [0.2, 0.25) is 0 Å². The molecule has 0 radical (unpaired) electrons. The third kappa shape index (κ3) is 4.43. The molecule has 0 aliphatic heterocycles. The molecular weight excluding hydrogens is 365 g/mol. The molecule has 0 saturated carbocycles. The molecule has 0 aliphatic carbocycles. The molecule has 2 aromatic carbocycles. The first-order valence-corrected chi connectivity index (χ1v) is 7.94. The summed E-state index contributed by atoms with van der Waals surface area (Å²) in [5, 5.41) is 0. The number of hydrogen-bond acceptors (Lipinski definition) is 5. The predicted octanol–water partition coefficient (Wildman–Crippen LogP) is 2.95. The minimum absolute atomic E-state index is 0.0729. The van der Waals surface area contributed by atoms with E-state index in [1.807, 2.05) is 0 Å². The van der Waals surface area contributed by atoms with Gasteiger partial charge < -0.3 is 4.74 Å². The molecule has 0 unspecified atom stereocenters. The Morgan fingerprint density at radius 3 is 2.08 bits per heavy atom. The minimum Gasteiger partial charge on any atom is -0.386 e. The van der Waals surface area contributed by atoms with E-state index in [0.29, 0.717) is 12.1 Å². The van der Waals surface area contributed by atoms with Crippen LogP contribution < -0.4 is 0 Å². The number of alkyl halides is 3. The highest BCUT2D eigenvalue weighted by Crippen LogP contribution is 2.32. The van der Waals surface area contributed by atoms with E-state index in [0.717, 1.165) is 0 Å². The second kappa shape index (κ2) is 6.65. The van der Waals surface area contributed by atoms with Gasteiger partial charge >= 0.3 is 18.1 Å². The van der Waals surface area contributed by atoms with E-state index >= 15 is 0 Å². The van der Waals surface area contributed by atoms with Crippen molar-refractivity contribution in [1.82, 2.24) is 0 Å². The van der Waals surface area contributed by atoms with Gasteiger partial charge in [-0.15, -0.1) is 0 Å². The van der Waals surface area contributed by atoms with E-state index in [9.17, 15) is 31.2 Å². The van der Waals surface area contributed by atoms with Crippen molar-refractivity contribution in [3.05, 3.63) is 65.2 Å². The number of carbonyl (C=O) groups excluding carboxylic acids is 2. The lowest BCUT2D eigenvalue weighted by Crippen LogP contribution is -2.17. The molecule has 132 valence electrons. The largest absolute Gasteiger partial charge is 0.416 e. The lowest BCUT2D eigenvalue weighted by atomic mass is 10.1. The molecule has 0 bridgehead atoms. The second-order valence-corrected chi connectivity index (χ2v) is 6.12. The summed E-state index contributed by atoms with van der Waals surface area (Å²) in [6.07, 6.45) is -4.88. The molecule has 0 aromatic heterocycles. The summed E-state index contributed by atoms with van der Waals surface area (Å²) in [6.45, 7) is 0. The van der Waals surface area contributed by atoms with Crippen LogP contribution in [0.2, 0.25) is 0 Å². The average molecular weight is 374 g/mol. The molecule has 2 rings (SSSR count). The fourth-order valence-corrected chi connectivity index (χ4v) is 2.52. The van der Waals surface area contributed by atoms with E-state index in [4.69, 9.17) is 4.55 Å². The Labute approximate surface area is 139 Å². The number of carbonyl (C=O) groups is 2. The average Bonchev–Trinajstić information content (AvgIpc) is 2.53. The van der Waals surface area contributed by atoms with Crippen LogP contribution in [0.15, 0.2) is 53.4 Å². The van der Waals surface area contributed by atoms with E-state index in [-0.39, 0.29) is 11.6 Å². The first-order valence-electron chi connectivity index (χ1n) is 6.50. The molecular formula is C15H9F3O6S.